The molecule has 0 bridgehead atoms. The van der Waals surface area contributed by atoms with Crippen LogP contribution in [0.2, 0.25) is 0 Å². The summed E-state index contributed by atoms with van der Waals surface area (Å²) in [5.74, 6) is 0. The van der Waals surface area contributed by atoms with Crippen molar-refractivity contribution in [3.63, 3.8) is 0 Å². The van der Waals surface area contributed by atoms with Crippen LogP contribution in [0.1, 0.15) is 13.3 Å². The third-order valence-corrected chi connectivity index (χ3v) is 1.15. The summed E-state index contributed by atoms with van der Waals surface area (Å²) in [6, 6.07) is 1.54. The molecule has 0 heterocycles. The quantitative estimate of drug-likeness (QED) is 0.553. The fraction of sp³-hybridized carbons (Fsp3) is 0.667. The Balaban J connectivity index is 3.97. The molecule has 62 valence electrons. The number of primary amides is 1. The third-order valence-electron chi connectivity index (χ3n) is 1.15. The number of nitrogens with zero attached hydrogens (tertiary/aromatic N) is 1. The lowest BCUT2D eigenvalue weighted by atomic mass is 10.2. The van der Waals surface area contributed by atoms with Crippen LogP contribution in [0.25, 0.3) is 0 Å². The van der Waals surface area contributed by atoms with Crippen molar-refractivity contribution in [2.24, 2.45) is 5.73 Å². The minimum absolute atomic E-state index is 0.359. The molecule has 0 aromatic heterocycles. The third kappa shape index (κ3) is 3.43. The van der Waals surface area contributed by atoms with Crippen molar-refractivity contribution in [2.45, 2.75) is 25.6 Å². The van der Waals surface area contributed by atoms with E-state index in [9.17, 15) is 4.79 Å². The fourth-order valence-corrected chi connectivity index (χ4v) is 0.603. The van der Waals surface area contributed by atoms with Gasteiger partial charge in [-0.05, 0) is 6.42 Å². The van der Waals surface area contributed by atoms with Crippen molar-refractivity contribution in [2.75, 3.05) is 0 Å². The number of hydrogen-bond donors (Lipinski definition) is 2. The van der Waals surface area contributed by atoms with Gasteiger partial charge < -0.3 is 15.6 Å². The lowest BCUT2D eigenvalue weighted by Gasteiger charge is -2.14. The summed E-state index contributed by atoms with van der Waals surface area (Å²) in [5.41, 5.74) is 4.68. The maximum absolute atomic E-state index is 10.2. The van der Waals surface area contributed by atoms with Crippen LogP contribution in [0.15, 0.2) is 0 Å². The molecule has 5 nitrogen and oxygen atoms in total. The normalized spacial score (nSPS) is 14.6. The topological polar surface area (TPSA) is 96.3 Å². The SMILES string of the molecule is CCC(OC(N)=O)C(O)C#N. The van der Waals surface area contributed by atoms with Crippen molar-refractivity contribution in [3.8, 4) is 6.07 Å². The smallest absolute Gasteiger partial charge is 0.404 e. The van der Waals surface area contributed by atoms with E-state index in [0.29, 0.717) is 6.42 Å². The van der Waals surface area contributed by atoms with Gasteiger partial charge >= 0.3 is 6.09 Å². The molecule has 0 aromatic rings. The summed E-state index contributed by atoms with van der Waals surface area (Å²) >= 11 is 0. The Morgan fingerprint density at radius 2 is 2.45 bits per heavy atom. The Bertz CT molecular complexity index is 175. The highest BCUT2D eigenvalue weighted by atomic mass is 16.6. The molecule has 0 aliphatic rings. The number of aliphatic hydroxyl groups excluding tert-OH is 1. The van der Waals surface area contributed by atoms with Gasteiger partial charge in [0.1, 0.15) is 6.10 Å². The average Bonchev–Trinajstić information content (AvgIpc) is 1.98. The van der Waals surface area contributed by atoms with Crippen LogP contribution in [-0.2, 0) is 4.74 Å². The van der Waals surface area contributed by atoms with E-state index in [0.717, 1.165) is 0 Å². The van der Waals surface area contributed by atoms with Gasteiger partial charge in [-0.25, -0.2) is 4.79 Å². The summed E-state index contributed by atoms with van der Waals surface area (Å²) in [7, 11) is 0. The van der Waals surface area contributed by atoms with Crippen LogP contribution in [0.4, 0.5) is 4.79 Å². The van der Waals surface area contributed by atoms with E-state index in [1.54, 1.807) is 13.0 Å². The van der Waals surface area contributed by atoms with Crippen molar-refractivity contribution >= 4 is 6.09 Å². The molecular formula is C6H10N2O3. The highest BCUT2D eigenvalue weighted by Gasteiger charge is 2.19. The van der Waals surface area contributed by atoms with E-state index in [1.807, 2.05) is 0 Å². The van der Waals surface area contributed by atoms with Crippen LogP contribution in [-0.4, -0.2) is 23.4 Å². The second-order valence-corrected chi connectivity index (χ2v) is 1.96. The number of rotatable bonds is 3. The van der Waals surface area contributed by atoms with E-state index in [4.69, 9.17) is 10.4 Å². The predicted octanol–water partition coefficient (Wildman–Crippen LogP) is -0.255. The number of carbonyl (C=O) groups is 1. The summed E-state index contributed by atoms with van der Waals surface area (Å²) in [5, 5.41) is 17.1. The number of nitrogens with two attached hydrogens (primary N) is 1. The summed E-state index contributed by atoms with van der Waals surface area (Å²) in [4.78, 5) is 10.2. The second kappa shape index (κ2) is 4.52. The monoisotopic (exact) mass is 158 g/mol. The zero-order valence-electron chi connectivity index (χ0n) is 6.15. The van der Waals surface area contributed by atoms with Gasteiger partial charge in [0, 0.05) is 0 Å². The number of aliphatic hydroxyl groups is 1. The highest BCUT2D eigenvalue weighted by Crippen LogP contribution is 2.02. The van der Waals surface area contributed by atoms with E-state index in [-0.39, 0.29) is 0 Å². The van der Waals surface area contributed by atoms with Crippen LogP contribution < -0.4 is 5.73 Å². The largest absolute Gasteiger partial charge is 0.442 e. The zero-order valence-corrected chi connectivity index (χ0v) is 6.15. The first-order chi connectivity index (χ1) is 5.11. The standard InChI is InChI=1S/C6H10N2O3/c1-2-5(4(9)3-7)11-6(8)10/h4-5,9H,2H2,1H3,(H2,8,10). The molecule has 0 aliphatic heterocycles. The first kappa shape index (κ1) is 9.72. The Hall–Kier alpha value is -1.28. The van der Waals surface area contributed by atoms with Gasteiger partial charge in [0.15, 0.2) is 6.10 Å². The predicted molar refractivity (Wildman–Crippen MR) is 36.4 cm³/mol. The summed E-state index contributed by atoms with van der Waals surface area (Å²) < 4.78 is 4.42. The Morgan fingerprint density at radius 3 is 2.73 bits per heavy atom. The van der Waals surface area contributed by atoms with Gasteiger partial charge in [0.05, 0.1) is 6.07 Å². The number of nitriles is 1. The van der Waals surface area contributed by atoms with Gasteiger partial charge in [-0.3, -0.25) is 0 Å². The molecular weight excluding hydrogens is 148 g/mol. The van der Waals surface area contributed by atoms with Crippen LogP contribution >= 0.6 is 0 Å². The van der Waals surface area contributed by atoms with Crippen molar-refractivity contribution < 1.29 is 14.6 Å². The van der Waals surface area contributed by atoms with Crippen LogP contribution in [0.5, 0.6) is 0 Å². The molecule has 3 N–H and O–H groups in total. The van der Waals surface area contributed by atoms with Crippen molar-refractivity contribution in [1.29, 1.82) is 5.26 Å². The maximum Gasteiger partial charge on any atom is 0.404 e. The second-order valence-electron chi connectivity index (χ2n) is 1.96. The molecule has 0 fully saturated rings. The first-order valence-electron chi connectivity index (χ1n) is 3.15. The van der Waals surface area contributed by atoms with Gasteiger partial charge in [0.2, 0.25) is 0 Å². The molecule has 5 heteroatoms. The fourth-order valence-electron chi connectivity index (χ4n) is 0.603. The molecule has 0 saturated carbocycles. The minimum atomic E-state index is -1.30. The van der Waals surface area contributed by atoms with Crippen LogP contribution in [0, 0.1) is 11.3 Å². The summed E-state index contributed by atoms with van der Waals surface area (Å²) in [6.45, 7) is 1.67. The molecule has 2 unspecified atom stereocenters. The summed E-state index contributed by atoms with van der Waals surface area (Å²) in [6.07, 6.45) is -2.74. The van der Waals surface area contributed by atoms with E-state index >= 15 is 0 Å². The lowest BCUT2D eigenvalue weighted by molar-refractivity contribution is 0.0313. The molecule has 0 saturated heterocycles. The molecule has 0 rings (SSSR count). The van der Waals surface area contributed by atoms with Crippen molar-refractivity contribution in [1.82, 2.24) is 0 Å². The molecule has 1 amide bonds. The molecule has 0 spiro atoms. The Morgan fingerprint density at radius 1 is 1.91 bits per heavy atom. The van der Waals surface area contributed by atoms with Gasteiger partial charge in [0.25, 0.3) is 0 Å². The molecule has 2 atom stereocenters. The minimum Gasteiger partial charge on any atom is -0.442 e. The Kier molecular flexibility index (Phi) is 4.00. The van der Waals surface area contributed by atoms with Gasteiger partial charge in [-0.15, -0.1) is 0 Å². The van der Waals surface area contributed by atoms with Gasteiger partial charge in [-0.2, -0.15) is 5.26 Å². The lowest BCUT2D eigenvalue weighted by Crippen LogP contribution is -2.31. The van der Waals surface area contributed by atoms with Crippen LogP contribution in [0.3, 0.4) is 0 Å². The van der Waals surface area contributed by atoms with Crippen molar-refractivity contribution in [3.05, 3.63) is 0 Å². The Labute approximate surface area is 64.4 Å². The van der Waals surface area contributed by atoms with E-state index < -0.39 is 18.3 Å². The zero-order chi connectivity index (χ0) is 8.85. The number of ether oxygens (including phenoxy) is 1. The molecule has 0 aromatic carbocycles. The van der Waals surface area contributed by atoms with Gasteiger partial charge in [-0.1, -0.05) is 6.92 Å². The number of carbonyl (C=O) groups excluding carboxylic acids is 1. The molecule has 0 aliphatic carbocycles. The number of amides is 1. The first-order valence-corrected chi connectivity index (χ1v) is 3.15. The van der Waals surface area contributed by atoms with E-state index in [1.165, 1.54) is 0 Å². The highest BCUT2D eigenvalue weighted by molar-refractivity contribution is 5.64. The molecule has 0 radical (unpaired) electrons. The maximum atomic E-state index is 10.2. The molecule has 11 heavy (non-hydrogen) atoms. The number of hydrogen-bond acceptors (Lipinski definition) is 4. The average molecular weight is 158 g/mol. The van der Waals surface area contributed by atoms with E-state index in [2.05, 4.69) is 10.5 Å².